The summed E-state index contributed by atoms with van der Waals surface area (Å²) in [4.78, 5) is 43.6. The first-order valence-corrected chi connectivity index (χ1v) is 10.7. The van der Waals surface area contributed by atoms with Crippen molar-refractivity contribution < 1.29 is 14.4 Å². The molecule has 4 amide bonds. The van der Waals surface area contributed by atoms with Gasteiger partial charge in [-0.3, -0.25) is 14.5 Å². The monoisotopic (exact) mass is 414 g/mol. The summed E-state index contributed by atoms with van der Waals surface area (Å²) in [6.07, 6.45) is 2.23. The zero-order valence-electron chi connectivity index (χ0n) is 16.9. The van der Waals surface area contributed by atoms with Crippen molar-refractivity contribution >= 4 is 39.4 Å². The molecule has 2 fully saturated rings. The van der Waals surface area contributed by atoms with Crippen LogP contribution in [0.15, 0.2) is 24.3 Å². The van der Waals surface area contributed by atoms with Crippen molar-refractivity contribution in [1.82, 2.24) is 20.5 Å². The maximum Gasteiger partial charge on any atom is 0.325 e. The van der Waals surface area contributed by atoms with Crippen LogP contribution in [0, 0.1) is 11.3 Å². The third kappa shape index (κ3) is 3.85. The maximum absolute atomic E-state index is 13.1. The van der Waals surface area contributed by atoms with Crippen LogP contribution in [-0.2, 0) is 16.1 Å². The Kier molecular flexibility index (Phi) is 4.85. The van der Waals surface area contributed by atoms with Crippen LogP contribution in [0.4, 0.5) is 4.79 Å². The van der Waals surface area contributed by atoms with E-state index in [1.807, 2.05) is 24.3 Å². The minimum Gasteiger partial charge on any atom is -0.348 e. The van der Waals surface area contributed by atoms with Crippen molar-refractivity contribution in [3.05, 3.63) is 29.3 Å². The van der Waals surface area contributed by atoms with Crippen LogP contribution in [-0.4, -0.2) is 39.8 Å². The van der Waals surface area contributed by atoms with Gasteiger partial charge in [-0.05, 0) is 42.7 Å². The summed E-state index contributed by atoms with van der Waals surface area (Å²) in [6.45, 7) is 6.35. The molecule has 1 spiro atoms. The lowest BCUT2D eigenvalue weighted by atomic mass is 9.64. The van der Waals surface area contributed by atoms with E-state index >= 15 is 0 Å². The molecule has 7 nitrogen and oxygen atoms in total. The van der Waals surface area contributed by atoms with Crippen molar-refractivity contribution in [2.24, 2.45) is 11.3 Å². The van der Waals surface area contributed by atoms with Crippen LogP contribution in [0.1, 0.15) is 45.0 Å². The van der Waals surface area contributed by atoms with E-state index in [1.165, 1.54) is 11.3 Å². The van der Waals surface area contributed by atoms with Gasteiger partial charge in [0, 0.05) is 0 Å². The smallest absolute Gasteiger partial charge is 0.325 e. The molecule has 1 aliphatic heterocycles. The van der Waals surface area contributed by atoms with Gasteiger partial charge in [-0.15, -0.1) is 11.3 Å². The summed E-state index contributed by atoms with van der Waals surface area (Å²) in [5.74, 6) is -0.319. The molecule has 2 unspecified atom stereocenters. The number of imide groups is 1. The molecular weight excluding hydrogens is 388 g/mol. The van der Waals surface area contributed by atoms with E-state index in [0.29, 0.717) is 18.8 Å². The van der Waals surface area contributed by atoms with Crippen molar-refractivity contribution in [3.63, 3.8) is 0 Å². The lowest BCUT2D eigenvalue weighted by Crippen LogP contribution is -2.54. The zero-order valence-corrected chi connectivity index (χ0v) is 17.8. The molecule has 2 aromatic rings. The lowest BCUT2D eigenvalue weighted by molar-refractivity contribution is -0.137. The van der Waals surface area contributed by atoms with Crippen LogP contribution in [0.25, 0.3) is 10.2 Å². The van der Waals surface area contributed by atoms with Gasteiger partial charge >= 0.3 is 6.03 Å². The molecule has 0 radical (unpaired) electrons. The van der Waals surface area contributed by atoms with Gasteiger partial charge in [-0.25, -0.2) is 9.78 Å². The molecule has 2 heterocycles. The predicted molar refractivity (Wildman–Crippen MR) is 111 cm³/mol. The van der Waals surface area contributed by atoms with Gasteiger partial charge in [-0.1, -0.05) is 32.9 Å². The fourth-order valence-electron chi connectivity index (χ4n) is 5.02. The number of hydrogen-bond donors (Lipinski definition) is 2. The molecule has 1 saturated heterocycles. The van der Waals surface area contributed by atoms with Crippen LogP contribution in [0.5, 0.6) is 0 Å². The second-order valence-corrected chi connectivity index (χ2v) is 10.2. The lowest BCUT2D eigenvalue weighted by Gasteiger charge is -2.43. The average molecular weight is 415 g/mol. The molecule has 29 heavy (non-hydrogen) atoms. The third-order valence-electron chi connectivity index (χ3n) is 5.70. The van der Waals surface area contributed by atoms with Gasteiger partial charge in [0.15, 0.2) is 0 Å². The Labute approximate surface area is 173 Å². The number of nitrogens with zero attached hydrogens (tertiary/aromatic N) is 2. The zero-order chi connectivity index (χ0) is 20.8. The van der Waals surface area contributed by atoms with E-state index in [9.17, 15) is 14.4 Å². The summed E-state index contributed by atoms with van der Waals surface area (Å²) in [7, 11) is 0. The highest BCUT2D eigenvalue weighted by Gasteiger charge is 2.56. The van der Waals surface area contributed by atoms with Crippen LogP contribution < -0.4 is 10.6 Å². The first kappa shape index (κ1) is 19.8. The number of amides is 4. The van der Waals surface area contributed by atoms with E-state index in [2.05, 4.69) is 36.4 Å². The Hall–Kier alpha value is -2.48. The summed E-state index contributed by atoms with van der Waals surface area (Å²) in [6, 6.07) is 7.30. The summed E-state index contributed by atoms with van der Waals surface area (Å²) in [5, 5.41) is 6.47. The number of aromatic nitrogens is 1. The minimum absolute atomic E-state index is 0.0360. The Morgan fingerprint density at radius 1 is 1.31 bits per heavy atom. The second kappa shape index (κ2) is 7.09. The Balaban J connectivity index is 1.40. The van der Waals surface area contributed by atoms with Gasteiger partial charge in [0.05, 0.1) is 16.8 Å². The van der Waals surface area contributed by atoms with E-state index in [-0.39, 0.29) is 30.3 Å². The van der Waals surface area contributed by atoms with Crippen molar-refractivity contribution in [1.29, 1.82) is 0 Å². The number of fused-ring (bicyclic) bond motifs is 1. The largest absolute Gasteiger partial charge is 0.348 e. The van der Waals surface area contributed by atoms with E-state index < -0.39 is 11.6 Å². The second-order valence-electron chi connectivity index (χ2n) is 9.11. The number of para-hydroxylation sites is 1. The van der Waals surface area contributed by atoms with Crippen molar-refractivity contribution in [3.8, 4) is 0 Å². The number of nitrogens with one attached hydrogen (secondary N) is 2. The molecule has 1 aromatic heterocycles. The SMILES string of the molecule is CC1CC(C)(C)CC2(C1)NC(=O)N(CC(=O)NCc1nc3ccccc3s1)C2=O. The van der Waals surface area contributed by atoms with Gasteiger partial charge in [0.2, 0.25) is 5.91 Å². The fourth-order valence-corrected chi connectivity index (χ4v) is 5.93. The first-order chi connectivity index (χ1) is 13.7. The Morgan fingerprint density at radius 2 is 2.07 bits per heavy atom. The highest BCUT2D eigenvalue weighted by molar-refractivity contribution is 7.18. The van der Waals surface area contributed by atoms with Crippen LogP contribution >= 0.6 is 11.3 Å². The normalized spacial score (nSPS) is 26.2. The number of hydrogen-bond acceptors (Lipinski definition) is 5. The van der Waals surface area contributed by atoms with Crippen LogP contribution in [0.2, 0.25) is 0 Å². The standard InChI is InChI=1S/C21H26N4O3S/c1-13-8-20(2,3)12-21(9-13)18(27)25(19(28)24-21)11-16(26)22-10-17-23-14-6-4-5-7-15(14)29-17/h4-7,13H,8-12H2,1-3H3,(H,22,26)(H,24,28). The molecule has 0 bridgehead atoms. The van der Waals surface area contributed by atoms with E-state index in [0.717, 1.165) is 26.5 Å². The molecule has 1 aromatic carbocycles. The quantitative estimate of drug-likeness (QED) is 0.753. The van der Waals surface area contributed by atoms with E-state index in [4.69, 9.17) is 0 Å². The van der Waals surface area contributed by atoms with E-state index in [1.54, 1.807) is 0 Å². The van der Waals surface area contributed by atoms with Crippen LogP contribution in [0.3, 0.4) is 0 Å². The number of urea groups is 1. The Morgan fingerprint density at radius 3 is 2.79 bits per heavy atom. The fraction of sp³-hybridized carbons (Fsp3) is 0.524. The molecule has 2 N–H and O–H groups in total. The minimum atomic E-state index is -0.883. The number of carbonyl (C=O) groups is 3. The summed E-state index contributed by atoms with van der Waals surface area (Å²) >= 11 is 1.51. The number of benzene rings is 1. The van der Waals surface area contributed by atoms with Gasteiger partial charge in [-0.2, -0.15) is 0 Å². The maximum atomic E-state index is 13.1. The molecule has 1 saturated carbocycles. The number of thiazole rings is 1. The molecule has 154 valence electrons. The highest BCUT2D eigenvalue weighted by Crippen LogP contribution is 2.46. The topological polar surface area (TPSA) is 91.4 Å². The molecule has 8 heteroatoms. The molecule has 4 rings (SSSR count). The summed E-state index contributed by atoms with van der Waals surface area (Å²) in [5.41, 5.74) is -0.0242. The first-order valence-electron chi connectivity index (χ1n) is 9.93. The van der Waals surface area contributed by atoms with Crippen molar-refractivity contribution in [2.45, 2.75) is 52.1 Å². The Bertz CT molecular complexity index is 952. The van der Waals surface area contributed by atoms with Gasteiger partial charge in [0.25, 0.3) is 5.91 Å². The van der Waals surface area contributed by atoms with Crippen molar-refractivity contribution in [2.75, 3.05) is 6.54 Å². The highest BCUT2D eigenvalue weighted by atomic mass is 32.1. The molecular formula is C21H26N4O3S. The van der Waals surface area contributed by atoms with Gasteiger partial charge < -0.3 is 10.6 Å². The average Bonchev–Trinajstić information content (AvgIpc) is 3.12. The van der Waals surface area contributed by atoms with Gasteiger partial charge in [0.1, 0.15) is 17.1 Å². The number of rotatable bonds is 4. The summed E-state index contributed by atoms with van der Waals surface area (Å²) < 4.78 is 1.06. The molecule has 1 aliphatic carbocycles. The third-order valence-corrected chi connectivity index (χ3v) is 6.74. The molecule has 2 aliphatic rings. The number of carbonyl (C=O) groups excluding carboxylic acids is 3. The predicted octanol–water partition coefficient (Wildman–Crippen LogP) is 3.05. The molecule has 2 atom stereocenters.